The van der Waals surface area contributed by atoms with E-state index in [4.69, 9.17) is 4.74 Å². The Morgan fingerprint density at radius 2 is 1.35 bits per heavy atom. The molecule has 0 aliphatic carbocycles. The predicted molar refractivity (Wildman–Crippen MR) is 95.9 cm³/mol. The van der Waals surface area contributed by atoms with Gasteiger partial charge in [0.25, 0.3) is 0 Å². The molecule has 1 fully saturated rings. The summed E-state index contributed by atoms with van der Waals surface area (Å²) >= 11 is 3.66. The number of hydrogen-bond acceptors (Lipinski definition) is 1. The van der Waals surface area contributed by atoms with Crippen LogP contribution < -0.4 is 14.5 Å². The number of nitrogens with one attached hydrogen (secondary N) is 2. The number of halogens is 1. The van der Waals surface area contributed by atoms with Gasteiger partial charge in [-0.05, 0) is 18.2 Å². The van der Waals surface area contributed by atoms with E-state index in [-0.39, 0.29) is 0 Å². The van der Waals surface area contributed by atoms with Crippen molar-refractivity contribution in [3.8, 4) is 5.75 Å². The number of para-hydroxylation sites is 1. The molecule has 122 valence electrons. The van der Waals surface area contributed by atoms with Crippen LogP contribution in [0.5, 0.6) is 5.75 Å². The lowest BCUT2D eigenvalue weighted by Gasteiger charge is -2.30. The van der Waals surface area contributed by atoms with Gasteiger partial charge in [0.15, 0.2) is 0 Å². The van der Waals surface area contributed by atoms with Crippen LogP contribution in [0.25, 0.3) is 0 Å². The molecule has 2 N–H and O–H groups in total. The Morgan fingerprint density at radius 3 is 1.96 bits per heavy atom. The lowest BCUT2D eigenvalue weighted by Crippen LogP contribution is -3.27. The van der Waals surface area contributed by atoms with Crippen molar-refractivity contribution >= 4 is 15.9 Å². The molecule has 1 aliphatic heterocycles. The van der Waals surface area contributed by atoms with Crippen LogP contribution >= 0.6 is 15.9 Å². The van der Waals surface area contributed by atoms with Crippen molar-refractivity contribution in [1.29, 1.82) is 0 Å². The van der Waals surface area contributed by atoms with Crippen LogP contribution in [0.2, 0.25) is 0 Å². The summed E-state index contributed by atoms with van der Waals surface area (Å²) in [5.74, 6) is 1.02. The molecule has 1 aliphatic rings. The highest BCUT2D eigenvalue weighted by Gasteiger charge is 2.24. The molecular formula is C19H25BrN2O+2. The summed E-state index contributed by atoms with van der Waals surface area (Å²) in [4.78, 5) is 3.34. The number of benzene rings is 2. The van der Waals surface area contributed by atoms with Gasteiger partial charge in [0.1, 0.15) is 45.0 Å². The molecule has 2 aromatic rings. The molecule has 3 rings (SSSR count). The summed E-state index contributed by atoms with van der Waals surface area (Å²) in [5, 5.41) is 0. The second-order valence-electron chi connectivity index (χ2n) is 6.26. The van der Waals surface area contributed by atoms with E-state index >= 15 is 0 Å². The number of hydrogen-bond donors (Lipinski definition) is 2. The zero-order valence-electron chi connectivity index (χ0n) is 13.6. The van der Waals surface area contributed by atoms with Gasteiger partial charge in [-0.15, -0.1) is 0 Å². The maximum Gasteiger partial charge on any atom is 0.127 e. The standard InChI is InChI=1S/C19H23BrN2O/c1-23-19-9-5-3-7-17(19)15-22-12-10-21(11-13-22)14-16-6-2-4-8-18(16)20/h2-9H,10-15H2,1H3/p+2. The molecule has 0 aromatic heterocycles. The van der Waals surface area contributed by atoms with Gasteiger partial charge in [0, 0.05) is 15.6 Å². The first kappa shape index (κ1) is 16.5. The second-order valence-corrected chi connectivity index (χ2v) is 7.11. The van der Waals surface area contributed by atoms with E-state index in [0.717, 1.165) is 18.8 Å². The van der Waals surface area contributed by atoms with Crippen LogP contribution in [0.15, 0.2) is 53.0 Å². The van der Waals surface area contributed by atoms with Gasteiger partial charge in [0.2, 0.25) is 0 Å². The highest BCUT2D eigenvalue weighted by molar-refractivity contribution is 9.10. The summed E-state index contributed by atoms with van der Waals surface area (Å²) in [6.45, 7) is 7.07. The van der Waals surface area contributed by atoms with Gasteiger partial charge in [-0.1, -0.05) is 46.3 Å². The van der Waals surface area contributed by atoms with E-state index in [9.17, 15) is 0 Å². The lowest BCUT2D eigenvalue weighted by atomic mass is 10.1. The summed E-state index contributed by atoms with van der Waals surface area (Å²) in [7, 11) is 1.76. The largest absolute Gasteiger partial charge is 0.496 e. The summed E-state index contributed by atoms with van der Waals surface area (Å²) in [6.07, 6.45) is 0. The number of ether oxygens (including phenoxy) is 1. The van der Waals surface area contributed by atoms with Crippen LogP contribution in [0.1, 0.15) is 11.1 Å². The Labute approximate surface area is 147 Å². The zero-order valence-corrected chi connectivity index (χ0v) is 15.2. The third-order valence-electron chi connectivity index (χ3n) is 4.70. The van der Waals surface area contributed by atoms with Gasteiger partial charge in [-0.3, -0.25) is 0 Å². The normalized spacial score (nSPS) is 21.1. The number of piperazine rings is 1. The van der Waals surface area contributed by atoms with Gasteiger partial charge >= 0.3 is 0 Å². The van der Waals surface area contributed by atoms with E-state index in [1.807, 2.05) is 6.07 Å². The quantitative estimate of drug-likeness (QED) is 0.794. The summed E-state index contributed by atoms with van der Waals surface area (Å²) in [6, 6.07) is 17.0. The molecule has 0 amide bonds. The molecule has 0 atom stereocenters. The van der Waals surface area contributed by atoms with E-state index in [2.05, 4.69) is 58.4 Å². The molecule has 3 nitrogen and oxygen atoms in total. The Kier molecular flexibility index (Phi) is 5.70. The third-order valence-corrected chi connectivity index (χ3v) is 5.47. The lowest BCUT2D eigenvalue weighted by molar-refractivity contribution is -1.02. The average molecular weight is 377 g/mol. The minimum absolute atomic E-state index is 1.02. The van der Waals surface area contributed by atoms with Crippen LogP contribution in [0, 0.1) is 0 Å². The number of methoxy groups -OCH3 is 1. The van der Waals surface area contributed by atoms with Crippen molar-refractivity contribution in [2.75, 3.05) is 33.3 Å². The summed E-state index contributed by atoms with van der Waals surface area (Å²) < 4.78 is 6.71. The number of rotatable bonds is 5. The van der Waals surface area contributed by atoms with Crippen molar-refractivity contribution in [2.24, 2.45) is 0 Å². The first-order chi connectivity index (χ1) is 11.3. The van der Waals surface area contributed by atoms with Crippen molar-refractivity contribution < 1.29 is 14.5 Å². The fraction of sp³-hybridized carbons (Fsp3) is 0.368. The SMILES string of the molecule is COc1ccccc1C[NH+]1CC[NH+](Cc2ccccc2Br)CC1. The number of quaternary nitrogens is 2. The van der Waals surface area contributed by atoms with Crippen molar-refractivity contribution in [3.63, 3.8) is 0 Å². The van der Waals surface area contributed by atoms with Crippen LogP contribution in [-0.4, -0.2) is 33.3 Å². The molecule has 23 heavy (non-hydrogen) atoms. The molecule has 0 radical (unpaired) electrons. The first-order valence-electron chi connectivity index (χ1n) is 8.28. The van der Waals surface area contributed by atoms with Gasteiger partial charge < -0.3 is 14.5 Å². The van der Waals surface area contributed by atoms with Gasteiger partial charge in [0.05, 0.1) is 7.11 Å². The molecule has 0 unspecified atom stereocenters. The maximum absolute atomic E-state index is 5.48. The van der Waals surface area contributed by atoms with E-state index < -0.39 is 0 Å². The Bertz CT molecular complexity index is 639. The maximum atomic E-state index is 5.48. The summed E-state index contributed by atoms with van der Waals surface area (Å²) in [5.41, 5.74) is 2.73. The molecule has 1 saturated heterocycles. The molecule has 1 heterocycles. The first-order valence-corrected chi connectivity index (χ1v) is 9.08. The van der Waals surface area contributed by atoms with Crippen molar-refractivity contribution in [2.45, 2.75) is 13.1 Å². The predicted octanol–water partition coefficient (Wildman–Crippen LogP) is 0.941. The van der Waals surface area contributed by atoms with Gasteiger partial charge in [-0.2, -0.15) is 0 Å². The fourth-order valence-electron chi connectivity index (χ4n) is 3.34. The molecular weight excluding hydrogens is 352 g/mol. The Balaban J connectivity index is 1.53. The van der Waals surface area contributed by atoms with Crippen LogP contribution in [0.4, 0.5) is 0 Å². The van der Waals surface area contributed by atoms with Crippen LogP contribution in [-0.2, 0) is 13.1 Å². The molecule has 0 spiro atoms. The fourth-order valence-corrected chi connectivity index (χ4v) is 3.77. The highest BCUT2D eigenvalue weighted by Crippen LogP contribution is 2.16. The zero-order chi connectivity index (χ0) is 16.1. The smallest absolute Gasteiger partial charge is 0.127 e. The highest BCUT2D eigenvalue weighted by atomic mass is 79.9. The van der Waals surface area contributed by atoms with Crippen molar-refractivity contribution in [1.82, 2.24) is 0 Å². The third kappa shape index (κ3) is 4.34. The van der Waals surface area contributed by atoms with E-state index in [1.54, 1.807) is 16.9 Å². The molecule has 0 bridgehead atoms. The Morgan fingerprint density at radius 1 is 0.826 bits per heavy atom. The van der Waals surface area contributed by atoms with E-state index in [0.29, 0.717) is 0 Å². The van der Waals surface area contributed by atoms with E-state index in [1.165, 1.54) is 41.8 Å². The molecule has 0 saturated carbocycles. The monoisotopic (exact) mass is 376 g/mol. The average Bonchev–Trinajstić information content (AvgIpc) is 2.59. The topological polar surface area (TPSA) is 18.1 Å². The molecule has 2 aromatic carbocycles. The molecule has 4 heteroatoms. The van der Waals surface area contributed by atoms with Crippen LogP contribution in [0.3, 0.4) is 0 Å². The Hall–Kier alpha value is -1.36. The minimum atomic E-state index is 1.02. The van der Waals surface area contributed by atoms with Gasteiger partial charge in [-0.25, -0.2) is 0 Å². The second kappa shape index (κ2) is 7.95. The minimum Gasteiger partial charge on any atom is -0.496 e. The van der Waals surface area contributed by atoms with Crippen molar-refractivity contribution in [3.05, 3.63) is 64.1 Å².